The maximum atomic E-state index is 11.8. The van der Waals surface area contributed by atoms with Crippen molar-refractivity contribution in [2.75, 3.05) is 26.2 Å². The van der Waals surface area contributed by atoms with E-state index in [1.165, 1.54) is 0 Å². The van der Waals surface area contributed by atoms with Crippen LogP contribution in [0.15, 0.2) is 0 Å². The molecule has 2 amide bonds. The lowest BCUT2D eigenvalue weighted by molar-refractivity contribution is -0.478. The molecule has 0 bridgehead atoms. The lowest BCUT2D eigenvalue weighted by Gasteiger charge is -2.36. The van der Waals surface area contributed by atoms with Gasteiger partial charge in [0, 0.05) is 25.9 Å². The smallest absolute Gasteiger partial charge is 0.410 e. The van der Waals surface area contributed by atoms with Crippen LogP contribution in [0.5, 0.6) is 0 Å². The number of carboxylic acids is 2. The van der Waals surface area contributed by atoms with Crippen molar-refractivity contribution in [3.63, 3.8) is 0 Å². The predicted molar refractivity (Wildman–Crippen MR) is 127 cm³/mol. The number of amides is 2. The van der Waals surface area contributed by atoms with E-state index in [1.807, 2.05) is 41.5 Å². The van der Waals surface area contributed by atoms with Gasteiger partial charge >= 0.3 is 12.2 Å². The summed E-state index contributed by atoms with van der Waals surface area (Å²) in [6.45, 7) is 18.5. The van der Waals surface area contributed by atoms with Crippen LogP contribution in [0.3, 0.4) is 0 Å². The van der Waals surface area contributed by atoms with Crippen molar-refractivity contribution < 1.29 is 50.3 Å². The lowest BCUT2D eigenvalue weighted by Crippen LogP contribution is -2.76. The zero-order valence-electron chi connectivity index (χ0n) is 23.2. The fraction of sp³-hybridized carbons (Fsp3) is 0.833. The molecule has 12 heteroatoms. The van der Waals surface area contributed by atoms with Crippen molar-refractivity contribution in [1.29, 1.82) is 0 Å². The number of hydrogen-bond acceptors (Lipinski definition) is 8. The third kappa shape index (κ3) is 15.4. The molecule has 6 N–H and O–H groups in total. The van der Waals surface area contributed by atoms with Crippen LogP contribution in [-0.4, -0.2) is 82.4 Å². The van der Waals surface area contributed by atoms with E-state index >= 15 is 0 Å². The van der Waals surface area contributed by atoms with E-state index in [0.717, 1.165) is 38.8 Å². The highest BCUT2D eigenvalue weighted by molar-refractivity contribution is 6.25. The summed E-state index contributed by atoms with van der Waals surface area (Å²) in [7, 11) is 0. The zero-order valence-corrected chi connectivity index (χ0v) is 23.2. The molecule has 2 fully saturated rings. The van der Waals surface area contributed by atoms with Gasteiger partial charge in [-0.1, -0.05) is 0 Å². The lowest BCUT2D eigenvalue weighted by atomic mass is 9.93. The van der Waals surface area contributed by atoms with Gasteiger partial charge in [0.15, 0.2) is 0 Å². The summed E-state index contributed by atoms with van der Waals surface area (Å²) in [5.41, 5.74) is 7.36. The van der Waals surface area contributed by atoms with Gasteiger partial charge < -0.3 is 50.5 Å². The number of piperidine rings is 2. The molecular formula is C24H46N4O8. The molecule has 2 heterocycles. The number of carbonyl (C=O) groups excluding carboxylic acids is 4. The quantitative estimate of drug-likeness (QED) is 0.362. The fourth-order valence-electron chi connectivity index (χ4n) is 3.60. The molecule has 210 valence electrons. The molecule has 0 spiro atoms. The average Bonchev–Trinajstić information content (AvgIpc) is 2.64. The highest BCUT2D eigenvalue weighted by Gasteiger charge is 2.35. The van der Waals surface area contributed by atoms with Gasteiger partial charge in [-0.15, -0.1) is 0 Å². The minimum atomic E-state index is -2.19. The number of aliphatic carboxylic acids is 2. The molecule has 12 nitrogen and oxygen atoms in total. The molecule has 2 unspecified atom stereocenters. The van der Waals surface area contributed by atoms with E-state index in [-0.39, 0.29) is 23.3 Å². The minimum Gasteiger partial charge on any atom is -0.543 e. The number of carboxylic acid groups (broad SMARTS) is 2. The SMILES string of the molecule is CC1([NH3+])CCCN(C(=O)OC(C)(C)C)C1.CC1([NH3+])CCCN(C(=O)OC(C)(C)C)C1.O=C([O-])C(=O)[O-]. The first-order valence-electron chi connectivity index (χ1n) is 12.1. The number of carbonyl (C=O) groups is 4. The Labute approximate surface area is 214 Å². The molecule has 0 aromatic rings. The van der Waals surface area contributed by atoms with Crippen LogP contribution in [0.4, 0.5) is 9.59 Å². The largest absolute Gasteiger partial charge is 0.543 e. The summed E-state index contributed by atoms with van der Waals surface area (Å²) < 4.78 is 10.7. The maximum Gasteiger partial charge on any atom is 0.410 e. The number of rotatable bonds is 0. The number of hydrogen-bond donors (Lipinski definition) is 2. The van der Waals surface area contributed by atoms with Gasteiger partial charge in [-0.2, -0.15) is 0 Å². The maximum absolute atomic E-state index is 11.8. The molecule has 0 radical (unpaired) electrons. The molecule has 2 rings (SSSR count). The first-order valence-corrected chi connectivity index (χ1v) is 12.1. The number of quaternary nitrogens is 2. The second kappa shape index (κ2) is 13.1. The van der Waals surface area contributed by atoms with E-state index in [9.17, 15) is 9.59 Å². The van der Waals surface area contributed by atoms with Gasteiger partial charge in [-0.05, 0) is 68.2 Å². The molecule has 2 atom stereocenters. The van der Waals surface area contributed by atoms with Crippen LogP contribution in [0.25, 0.3) is 0 Å². The van der Waals surface area contributed by atoms with Crippen molar-refractivity contribution in [2.24, 2.45) is 0 Å². The summed E-state index contributed by atoms with van der Waals surface area (Å²) in [5.74, 6) is -4.37. The topological polar surface area (TPSA) is 195 Å². The summed E-state index contributed by atoms with van der Waals surface area (Å²) >= 11 is 0. The molecule has 0 aromatic carbocycles. The normalized spacial score (nSPS) is 24.3. The van der Waals surface area contributed by atoms with Crippen LogP contribution < -0.4 is 21.7 Å². The highest BCUT2D eigenvalue weighted by Crippen LogP contribution is 2.20. The second-order valence-electron chi connectivity index (χ2n) is 12.2. The third-order valence-electron chi connectivity index (χ3n) is 5.03. The van der Waals surface area contributed by atoms with Crippen LogP contribution in [0.1, 0.15) is 81.1 Å². The van der Waals surface area contributed by atoms with Gasteiger partial charge in [-0.3, -0.25) is 0 Å². The average molecular weight is 519 g/mol. The van der Waals surface area contributed by atoms with E-state index in [4.69, 9.17) is 29.3 Å². The van der Waals surface area contributed by atoms with Crippen molar-refractivity contribution in [3.8, 4) is 0 Å². The Morgan fingerprint density at radius 2 is 0.972 bits per heavy atom. The van der Waals surface area contributed by atoms with Gasteiger partial charge in [0.25, 0.3) is 0 Å². The van der Waals surface area contributed by atoms with E-state index in [2.05, 4.69) is 25.3 Å². The van der Waals surface area contributed by atoms with Crippen molar-refractivity contribution in [1.82, 2.24) is 9.80 Å². The van der Waals surface area contributed by atoms with E-state index in [0.29, 0.717) is 13.1 Å². The summed E-state index contributed by atoms with van der Waals surface area (Å²) in [5, 5.41) is 17.9. The number of likely N-dealkylation sites (tertiary alicyclic amines) is 2. The Hall–Kier alpha value is -2.60. The van der Waals surface area contributed by atoms with Crippen LogP contribution >= 0.6 is 0 Å². The highest BCUT2D eigenvalue weighted by atomic mass is 16.6. The zero-order chi connectivity index (χ0) is 28.5. The first-order chi connectivity index (χ1) is 16.0. The van der Waals surface area contributed by atoms with Gasteiger partial charge in [-0.25, -0.2) is 9.59 Å². The third-order valence-corrected chi connectivity index (χ3v) is 5.03. The van der Waals surface area contributed by atoms with Crippen molar-refractivity contribution >= 4 is 24.1 Å². The molecular weight excluding hydrogens is 472 g/mol. The second-order valence-corrected chi connectivity index (χ2v) is 12.2. The predicted octanol–water partition coefficient (Wildman–Crippen LogP) is -1.48. The van der Waals surface area contributed by atoms with E-state index < -0.39 is 23.1 Å². The summed E-state index contributed by atoms with van der Waals surface area (Å²) in [6, 6.07) is 0. The first kappa shape index (κ1) is 33.4. The molecule has 2 aliphatic heterocycles. The number of ether oxygens (including phenoxy) is 2. The Morgan fingerprint density at radius 3 is 1.17 bits per heavy atom. The van der Waals surface area contributed by atoms with Crippen LogP contribution in [0, 0.1) is 0 Å². The fourth-order valence-corrected chi connectivity index (χ4v) is 3.60. The van der Waals surface area contributed by atoms with Crippen molar-refractivity contribution in [2.45, 2.75) is 103 Å². The molecule has 0 saturated carbocycles. The summed E-state index contributed by atoms with van der Waals surface area (Å²) in [6.07, 6.45) is 3.76. The van der Waals surface area contributed by atoms with E-state index in [1.54, 1.807) is 9.80 Å². The molecule has 2 saturated heterocycles. The standard InChI is InChI=1S/2C11H22N2O2.C2H2O4/c2*1-10(2,3)15-9(14)13-7-5-6-11(4,12)8-13;3-1(4)2(5)6/h2*5-8,12H2,1-4H3;(H,3,4)(H,5,6). The van der Waals surface area contributed by atoms with Crippen LogP contribution in [-0.2, 0) is 19.1 Å². The Morgan fingerprint density at radius 1 is 0.694 bits per heavy atom. The molecule has 0 aromatic heterocycles. The van der Waals surface area contributed by atoms with Crippen LogP contribution in [0.2, 0.25) is 0 Å². The Balaban J connectivity index is 0.000000558. The Kier molecular flexibility index (Phi) is 12.1. The van der Waals surface area contributed by atoms with Gasteiger partial charge in [0.1, 0.15) is 22.3 Å². The molecule has 2 aliphatic rings. The van der Waals surface area contributed by atoms with Crippen molar-refractivity contribution in [3.05, 3.63) is 0 Å². The van der Waals surface area contributed by atoms with Gasteiger partial charge in [0.2, 0.25) is 0 Å². The molecule has 36 heavy (non-hydrogen) atoms. The monoisotopic (exact) mass is 518 g/mol. The Bertz CT molecular complexity index is 705. The molecule has 0 aliphatic carbocycles. The van der Waals surface area contributed by atoms with Gasteiger partial charge in [0.05, 0.1) is 25.0 Å². The summed E-state index contributed by atoms with van der Waals surface area (Å²) in [4.78, 5) is 44.9. The minimum absolute atomic E-state index is 0.0187. The number of nitrogens with zero attached hydrogens (tertiary/aromatic N) is 2.